The van der Waals surface area contributed by atoms with Crippen LogP contribution < -0.4 is 5.32 Å². The molecule has 1 aliphatic rings. The van der Waals surface area contributed by atoms with Crippen molar-refractivity contribution >= 4 is 33.9 Å². The Hall–Kier alpha value is -1.64. The van der Waals surface area contributed by atoms with E-state index in [1.807, 2.05) is 28.8 Å². The zero-order valence-electron chi connectivity index (χ0n) is 12.5. The maximum Gasteiger partial charge on any atom is 0.206 e. The number of fused-ring (bicyclic) bond motifs is 1. The van der Waals surface area contributed by atoms with Crippen molar-refractivity contribution in [3.05, 3.63) is 36.3 Å². The molecule has 0 bridgehead atoms. The summed E-state index contributed by atoms with van der Waals surface area (Å²) in [7, 11) is 0. The Labute approximate surface area is 142 Å². The highest BCUT2D eigenvalue weighted by molar-refractivity contribution is 8.00. The van der Waals surface area contributed by atoms with Gasteiger partial charge in [-0.05, 0) is 25.0 Å². The molecule has 1 atom stereocenters. The first-order valence-corrected chi connectivity index (χ1v) is 9.41. The lowest BCUT2D eigenvalue weighted by atomic mass is 10.2. The first kappa shape index (κ1) is 14.9. The van der Waals surface area contributed by atoms with Crippen LogP contribution in [0, 0.1) is 0 Å². The Morgan fingerprint density at radius 3 is 3.26 bits per heavy atom. The number of nitrogens with one attached hydrogen (secondary N) is 1. The number of pyridine rings is 1. The molecule has 3 aromatic heterocycles. The molecule has 0 saturated carbocycles. The van der Waals surface area contributed by atoms with Gasteiger partial charge in [0.25, 0.3) is 0 Å². The third-order valence-corrected chi connectivity index (χ3v) is 5.72. The van der Waals surface area contributed by atoms with Crippen LogP contribution in [0.3, 0.4) is 0 Å². The molecule has 23 heavy (non-hydrogen) atoms. The van der Waals surface area contributed by atoms with Crippen LogP contribution in [0.15, 0.2) is 34.9 Å². The molecule has 8 heteroatoms. The van der Waals surface area contributed by atoms with E-state index in [0.29, 0.717) is 6.10 Å². The fourth-order valence-electron chi connectivity index (χ4n) is 2.54. The summed E-state index contributed by atoms with van der Waals surface area (Å²) >= 11 is 3.25. The van der Waals surface area contributed by atoms with E-state index in [9.17, 15) is 0 Å². The molecular formula is C15H17N5OS2. The summed E-state index contributed by atoms with van der Waals surface area (Å²) in [5.41, 5.74) is 2.02. The van der Waals surface area contributed by atoms with E-state index in [1.165, 1.54) is 0 Å². The fraction of sp³-hybridized carbons (Fsp3) is 0.400. The van der Waals surface area contributed by atoms with Gasteiger partial charge in [0.15, 0.2) is 4.34 Å². The molecule has 1 saturated heterocycles. The lowest BCUT2D eigenvalue weighted by Gasteiger charge is -2.08. The quantitative estimate of drug-likeness (QED) is 0.692. The zero-order valence-corrected chi connectivity index (χ0v) is 14.1. The number of imidazole rings is 1. The van der Waals surface area contributed by atoms with Gasteiger partial charge in [0.2, 0.25) is 5.13 Å². The largest absolute Gasteiger partial charge is 0.376 e. The average molecular weight is 347 g/mol. The van der Waals surface area contributed by atoms with Crippen molar-refractivity contribution in [2.45, 2.75) is 29.0 Å². The number of hydrogen-bond donors (Lipinski definition) is 1. The molecule has 1 fully saturated rings. The Bertz CT molecular complexity index is 748. The van der Waals surface area contributed by atoms with Gasteiger partial charge >= 0.3 is 0 Å². The summed E-state index contributed by atoms with van der Waals surface area (Å²) in [6.45, 7) is 1.69. The summed E-state index contributed by atoms with van der Waals surface area (Å²) in [6.07, 6.45) is 6.66. The number of anilines is 1. The molecule has 0 spiro atoms. The Kier molecular flexibility index (Phi) is 4.45. The number of nitrogens with zero attached hydrogens (tertiary/aromatic N) is 4. The van der Waals surface area contributed by atoms with Gasteiger partial charge in [-0.25, -0.2) is 4.98 Å². The molecule has 4 rings (SSSR count). The van der Waals surface area contributed by atoms with E-state index in [-0.39, 0.29) is 0 Å². The van der Waals surface area contributed by atoms with Crippen molar-refractivity contribution in [3.8, 4) is 0 Å². The molecule has 0 unspecified atom stereocenters. The van der Waals surface area contributed by atoms with Gasteiger partial charge in [0, 0.05) is 31.3 Å². The lowest BCUT2D eigenvalue weighted by molar-refractivity contribution is 0.120. The number of thioether (sulfide) groups is 1. The minimum absolute atomic E-state index is 0.313. The van der Waals surface area contributed by atoms with Crippen LogP contribution in [-0.2, 0) is 10.5 Å². The summed E-state index contributed by atoms with van der Waals surface area (Å²) in [5, 5.41) is 12.6. The molecule has 0 amide bonds. The first-order valence-electron chi connectivity index (χ1n) is 7.61. The third kappa shape index (κ3) is 3.65. The second kappa shape index (κ2) is 6.86. The van der Waals surface area contributed by atoms with Crippen molar-refractivity contribution in [2.75, 3.05) is 18.5 Å². The normalized spacial score (nSPS) is 17.8. The molecule has 0 radical (unpaired) electrons. The SMILES string of the molecule is c1ccn2cc(CSc3nnc(NC[C@@H]4CCCO4)s3)nc2c1. The molecular weight excluding hydrogens is 330 g/mol. The smallest absolute Gasteiger partial charge is 0.206 e. The Morgan fingerprint density at radius 1 is 1.39 bits per heavy atom. The number of hydrogen-bond acceptors (Lipinski definition) is 7. The molecule has 0 aromatic carbocycles. The van der Waals surface area contributed by atoms with Gasteiger partial charge in [-0.1, -0.05) is 29.2 Å². The number of ether oxygens (including phenoxy) is 1. The van der Waals surface area contributed by atoms with Crippen LogP contribution in [0.1, 0.15) is 18.5 Å². The van der Waals surface area contributed by atoms with Gasteiger partial charge in [0.1, 0.15) is 5.65 Å². The van der Waals surface area contributed by atoms with Crippen LogP contribution in [0.5, 0.6) is 0 Å². The number of rotatable bonds is 6. The van der Waals surface area contributed by atoms with E-state index in [2.05, 4.69) is 26.7 Å². The van der Waals surface area contributed by atoms with Crippen molar-refractivity contribution in [3.63, 3.8) is 0 Å². The fourth-order valence-corrected chi connectivity index (χ4v) is 4.18. The zero-order chi connectivity index (χ0) is 15.5. The van der Waals surface area contributed by atoms with Crippen molar-refractivity contribution in [1.29, 1.82) is 0 Å². The highest BCUT2D eigenvalue weighted by Crippen LogP contribution is 2.28. The summed E-state index contributed by atoms with van der Waals surface area (Å²) < 4.78 is 8.58. The molecule has 3 aromatic rings. The monoisotopic (exact) mass is 347 g/mol. The maximum atomic E-state index is 5.59. The summed E-state index contributed by atoms with van der Waals surface area (Å²) in [4.78, 5) is 4.59. The predicted molar refractivity (Wildman–Crippen MR) is 92.1 cm³/mol. The summed E-state index contributed by atoms with van der Waals surface area (Å²) in [6, 6.07) is 6.00. The minimum atomic E-state index is 0.313. The molecule has 6 nitrogen and oxygen atoms in total. The highest BCUT2D eigenvalue weighted by Gasteiger charge is 2.16. The van der Waals surface area contributed by atoms with E-state index >= 15 is 0 Å². The van der Waals surface area contributed by atoms with Gasteiger partial charge in [0.05, 0.1) is 11.8 Å². The second-order valence-corrected chi connectivity index (χ2v) is 7.58. The van der Waals surface area contributed by atoms with E-state index in [4.69, 9.17) is 4.74 Å². The van der Waals surface area contributed by atoms with Crippen molar-refractivity contribution in [1.82, 2.24) is 19.6 Å². The topological polar surface area (TPSA) is 64.3 Å². The minimum Gasteiger partial charge on any atom is -0.376 e. The van der Waals surface area contributed by atoms with Crippen LogP contribution >= 0.6 is 23.1 Å². The average Bonchev–Trinajstić information content (AvgIpc) is 3.30. The van der Waals surface area contributed by atoms with E-state index in [1.54, 1.807) is 23.1 Å². The standard InChI is InChI=1S/C15H17N5OS2/c1-2-6-20-9-11(17-13(20)5-1)10-22-15-19-18-14(23-15)16-8-12-4-3-7-21-12/h1-2,5-6,9,12H,3-4,7-8,10H2,(H,16,18)/t12-/m0/s1. The predicted octanol–water partition coefficient (Wildman–Crippen LogP) is 3.07. The Morgan fingerprint density at radius 2 is 2.39 bits per heavy atom. The van der Waals surface area contributed by atoms with Crippen LogP contribution in [0.2, 0.25) is 0 Å². The van der Waals surface area contributed by atoms with Gasteiger partial charge in [-0.3, -0.25) is 0 Å². The molecule has 4 heterocycles. The van der Waals surface area contributed by atoms with E-state index in [0.717, 1.165) is 52.6 Å². The van der Waals surface area contributed by atoms with Crippen molar-refractivity contribution in [2.24, 2.45) is 0 Å². The maximum absolute atomic E-state index is 5.59. The molecule has 0 aliphatic carbocycles. The van der Waals surface area contributed by atoms with Crippen LogP contribution in [-0.4, -0.2) is 38.8 Å². The summed E-state index contributed by atoms with van der Waals surface area (Å²) in [5.74, 6) is 0.794. The number of aromatic nitrogens is 4. The highest BCUT2D eigenvalue weighted by atomic mass is 32.2. The molecule has 1 aliphatic heterocycles. The second-order valence-electron chi connectivity index (χ2n) is 5.38. The van der Waals surface area contributed by atoms with Gasteiger partial charge in [-0.15, -0.1) is 10.2 Å². The van der Waals surface area contributed by atoms with Crippen LogP contribution in [0.4, 0.5) is 5.13 Å². The first-order chi connectivity index (χ1) is 11.4. The van der Waals surface area contributed by atoms with Crippen LogP contribution in [0.25, 0.3) is 5.65 Å². The van der Waals surface area contributed by atoms with E-state index < -0.39 is 0 Å². The Balaban J connectivity index is 1.32. The van der Waals surface area contributed by atoms with Crippen molar-refractivity contribution < 1.29 is 4.74 Å². The third-order valence-electron chi connectivity index (χ3n) is 3.67. The van der Waals surface area contributed by atoms with Gasteiger partial charge < -0.3 is 14.5 Å². The van der Waals surface area contributed by atoms with Gasteiger partial charge in [-0.2, -0.15) is 0 Å². The molecule has 120 valence electrons. The lowest BCUT2D eigenvalue weighted by Crippen LogP contribution is -2.18. The molecule has 1 N–H and O–H groups in total.